The number of amides is 1. The standard InChI is InChI=1S/C13H16N2O4/c1-18-13(17)3-2-6-15-10-7-9(14)4-5-11(10)19-8-12(15)16/h4-5,7H,2-3,6,8,14H2,1H3. The van der Waals surface area contributed by atoms with Crippen LogP contribution < -0.4 is 15.4 Å². The number of methoxy groups -OCH3 is 1. The highest BCUT2D eigenvalue weighted by atomic mass is 16.5. The summed E-state index contributed by atoms with van der Waals surface area (Å²) in [6.45, 7) is 0.447. The molecule has 2 rings (SSSR count). The molecule has 0 atom stereocenters. The fourth-order valence-electron chi connectivity index (χ4n) is 1.95. The van der Waals surface area contributed by atoms with Gasteiger partial charge in [0.1, 0.15) is 5.75 Å². The molecule has 0 aliphatic carbocycles. The highest BCUT2D eigenvalue weighted by molar-refractivity contribution is 5.98. The van der Waals surface area contributed by atoms with Crippen molar-refractivity contribution in [2.45, 2.75) is 12.8 Å². The SMILES string of the molecule is COC(=O)CCCN1C(=O)COc2ccc(N)cc21. The highest BCUT2D eigenvalue weighted by Gasteiger charge is 2.25. The summed E-state index contributed by atoms with van der Waals surface area (Å²) >= 11 is 0. The van der Waals surface area contributed by atoms with Gasteiger partial charge in [-0.1, -0.05) is 0 Å². The van der Waals surface area contributed by atoms with Gasteiger partial charge in [-0.15, -0.1) is 0 Å². The number of esters is 1. The molecule has 19 heavy (non-hydrogen) atoms. The Balaban J connectivity index is 2.09. The minimum Gasteiger partial charge on any atom is -0.482 e. The zero-order chi connectivity index (χ0) is 13.8. The van der Waals surface area contributed by atoms with E-state index in [1.54, 1.807) is 23.1 Å². The van der Waals surface area contributed by atoms with Crippen LogP contribution in [0.2, 0.25) is 0 Å². The number of anilines is 2. The fraction of sp³-hybridized carbons (Fsp3) is 0.385. The molecular formula is C13H16N2O4. The number of hydrogen-bond donors (Lipinski definition) is 1. The van der Waals surface area contributed by atoms with Crippen molar-refractivity contribution in [2.24, 2.45) is 0 Å². The Hall–Kier alpha value is -2.24. The number of nitrogens with two attached hydrogens (primary N) is 1. The van der Waals surface area contributed by atoms with Crippen molar-refractivity contribution in [1.82, 2.24) is 0 Å². The van der Waals surface area contributed by atoms with Gasteiger partial charge in [-0.05, 0) is 24.6 Å². The lowest BCUT2D eigenvalue weighted by Gasteiger charge is -2.29. The second-order valence-electron chi connectivity index (χ2n) is 4.24. The second kappa shape index (κ2) is 5.60. The van der Waals surface area contributed by atoms with Gasteiger partial charge in [0.25, 0.3) is 5.91 Å². The topological polar surface area (TPSA) is 81.9 Å². The Bertz CT molecular complexity index is 501. The molecule has 0 fully saturated rings. The maximum Gasteiger partial charge on any atom is 0.305 e. The molecule has 0 bridgehead atoms. The smallest absolute Gasteiger partial charge is 0.305 e. The zero-order valence-electron chi connectivity index (χ0n) is 10.7. The van der Waals surface area contributed by atoms with Crippen LogP contribution >= 0.6 is 0 Å². The third-order valence-corrected chi connectivity index (χ3v) is 2.92. The van der Waals surface area contributed by atoms with Crippen molar-refractivity contribution >= 4 is 23.3 Å². The molecule has 102 valence electrons. The molecule has 1 amide bonds. The Morgan fingerprint density at radius 3 is 3.05 bits per heavy atom. The Labute approximate surface area is 111 Å². The van der Waals surface area contributed by atoms with Crippen molar-refractivity contribution in [3.05, 3.63) is 18.2 Å². The molecule has 0 saturated heterocycles. The first-order valence-electron chi connectivity index (χ1n) is 6.01. The van der Waals surface area contributed by atoms with Gasteiger partial charge in [0.15, 0.2) is 6.61 Å². The Morgan fingerprint density at radius 2 is 2.32 bits per heavy atom. The molecule has 1 heterocycles. The Morgan fingerprint density at radius 1 is 1.53 bits per heavy atom. The largest absolute Gasteiger partial charge is 0.482 e. The number of fused-ring (bicyclic) bond motifs is 1. The lowest BCUT2D eigenvalue weighted by atomic mass is 10.2. The molecular weight excluding hydrogens is 248 g/mol. The van der Waals surface area contributed by atoms with Crippen molar-refractivity contribution in [2.75, 3.05) is 30.9 Å². The predicted molar refractivity (Wildman–Crippen MR) is 70.0 cm³/mol. The molecule has 6 heteroatoms. The number of carbonyl (C=O) groups is 2. The molecule has 2 N–H and O–H groups in total. The lowest BCUT2D eigenvalue weighted by molar-refractivity contribution is -0.140. The maximum atomic E-state index is 11.9. The van der Waals surface area contributed by atoms with E-state index in [1.165, 1.54) is 7.11 Å². The van der Waals surface area contributed by atoms with Crippen molar-refractivity contribution < 1.29 is 19.1 Å². The van der Waals surface area contributed by atoms with Gasteiger partial charge in [0, 0.05) is 18.7 Å². The fourth-order valence-corrected chi connectivity index (χ4v) is 1.95. The van der Waals surface area contributed by atoms with E-state index in [1.807, 2.05) is 0 Å². The number of nitrogens with zero attached hydrogens (tertiary/aromatic N) is 1. The number of nitrogen functional groups attached to an aromatic ring is 1. The molecule has 1 aromatic rings. The third-order valence-electron chi connectivity index (χ3n) is 2.92. The van der Waals surface area contributed by atoms with Crippen LogP contribution in [0.25, 0.3) is 0 Å². The first kappa shape index (κ1) is 13.2. The molecule has 0 saturated carbocycles. The van der Waals surface area contributed by atoms with Crippen LogP contribution in [0.15, 0.2) is 18.2 Å². The summed E-state index contributed by atoms with van der Waals surface area (Å²) in [6.07, 6.45) is 0.811. The monoisotopic (exact) mass is 264 g/mol. The molecule has 1 aliphatic heterocycles. The van der Waals surface area contributed by atoms with Gasteiger partial charge in [-0.3, -0.25) is 9.59 Å². The van der Waals surface area contributed by atoms with E-state index in [2.05, 4.69) is 4.74 Å². The first-order valence-corrected chi connectivity index (χ1v) is 6.01. The number of rotatable bonds is 4. The van der Waals surface area contributed by atoms with Gasteiger partial charge in [-0.25, -0.2) is 0 Å². The highest BCUT2D eigenvalue weighted by Crippen LogP contribution is 2.33. The van der Waals surface area contributed by atoms with Gasteiger partial charge < -0.3 is 20.1 Å². The number of hydrogen-bond acceptors (Lipinski definition) is 5. The van der Waals surface area contributed by atoms with Crippen LogP contribution in [0, 0.1) is 0 Å². The predicted octanol–water partition coefficient (Wildman–Crippen LogP) is 0.947. The van der Waals surface area contributed by atoms with Crippen LogP contribution in [-0.2, 0) is 14.3 Å². The number of ether oxygens (including phenoxy) is 2. The normalized spacial score (nSPS) is 13.7. The third kappa shape index (κ3) is 2.96. The van der Waals surface area contributed by atoms with Crippen molar-refractivity contribution in [1.29, 1.82) is 0 Å². The van der Waals surface area contributed by atoms with Crippen LogP contribution in [0.4, 0.5) is 11.4 Å². The van der Waals surface area contributed by atoms with E-state index in [9.17, 15) is 9.59 Å². The summed E-state index contributed by atoms with van der Waals surface area (Å²) in [5.74, 6) is 0.211. The van der Waals surface area contributed by atoms with Gasteiger partial charge in [-0.2, -0.15) is 0 Å². The molecule has 0 aromatic heterocycles. The van der Waals surface area contributed by atoms with E-state index in [0.717, 1.165) is 0 Å². The average Bonchev–Trinajstić information content (AvgIpc) is 2.41. The summed E-state index contributed by atoms with van der Waals surface area (Å²) < 4.78 is 9.90. The summed E-state index contributed by atoms with van der Waals surface area (Å²) in [7, 11) is 1.35. The summed E-state index contributed by atoms with van der Waals surface area (Å²) in [6, 6.07) is 5.16. The summed E-state index contributed by atoms with van der Waals surface area (Å²) in [4.78, 5) is 24.5. The van der Waals surface area contributed by atoms with Gasteiger partial charge in [0.05, 0.1) is 12.8 Å². The zero-order valence-corrected chi connectivity index (χ0v) is 10.7. The van der Waals surface area contributed by atoms with Gasteiger partial charge >= 0.3 is 5.97 Å². The molecule has 0 spiro atoms. The number of benzene rings is 1. The molecule has 0 radical (unpaired) electrons. The summed E-state index contributed by atoms with van der Waals surface area (Å²) in [5, 5.41) is 0. The molecule has 6 nitrogen and oxygen atoms in total. The van der Waals surface area contributed by atoms with E-state index < -0.39 is 0 Å². The van der Waals surface area contributed by atoms with E-state index >= 15 is 0 Å². The van der Waals surface area contributed by atoms with Crippen molar-refractivity contribution in [3.8, 4) is 5.75 Å². The molecule has 1 aromatic carbocycles. The number of carbonyl (C=O) groups excluding carboxylic acids is 2. The average molecular weight is 264 g/mol. The van der Waals surface area contributed by atoms with Crippen LogP contribution in [-0.4, -0.2) is 32.1 Å². The van der Waals surface area contributed by atoms with E-state index in [4.69, 9.17) is 10.5 Å². The first-order chi connectivity index (χ1) is 9.11. The quantitative estimate of drug-likeness (QED) is 0.646. The Kier molecular flexibility index (Phi) is 3.89. The van der Waals surface area contributed by atoms with Gasteiger partial charge in [0.2, 0.25) is 0 Å². The second-order valence-corrected chi connectivity index (χ2v) is 4.24. The van der Waals surface area contributed by atoms with Crippen molar-refractivity contribution in [3.63, 3.8) is 0 Å². The van der Waals surface area contributed by atoms with Crippen LogP contribution in [0.1, 0.15) is 12.8 Å². The molecule has 1 aliphatic rings. The van der Waals surface area contributed by atoms with E-state index in [0.29, 0.717) is 30.1 Å². The minimum absolute atomic E-state index is 0.00907. The van der Waals surface area contributed by atoms with Crippen LogP contribution in [0.5, 0.6) is 5.75 Å². The van der Waals surface area contributed by atoms with Crippen LogP contribution in [0.3, 0.4) is 0 Å². The molecule has 0 unspecified atom stereocenters. The minimum atomic E-state index is -0.284. The van der Waals surface area contributed by atoms with E-state index in [-0.39, 0.29) is 24.9 Å². The summed E-state index contributed by atoms with van der Waals surface area (Å²) in [5.41, 5.74) is 6.94. The lowest BCUT2D eigenvalue weighted by Crippen LogP contribution is -2.39. The maximum absolute atomic E-state index is 11.9.